The normalized spacial score (nSPS) is 9.88. The summed E-state index contributed by atoms with van der Waals surface area (Å²) in [5.74, 6) is -0.227. The molecule has 0 unspecified atom stereocenters. The van der Waals surface area contributed by atoms with Crippen LogP contribution >= 0.6 is 11.6 Å². The molecule has 1 rings (SSSR count). The first-order chi connectivity index (χ1) is 7.65. The third-order valence-electron chi connectivity index (χ3n) is 2.01. The Bertz CT molecular complexity index is 474. The molecular formula is C10H6ClF2N3. The van der Waals surface area contributed by atoms with E-state index in [-0.39, 0.29) is 23.4 Å². The maximum Gasteiger partial charge on any atom is 0.280 e. The van der Waals surface area contributed by atoms with Crippen LogP contribution < -0.4 is 0 Å². The fraction of sp³-hybridized carbons (Fsp3) is 0.300. The highest BCUT2D eigenvalue weighted by Gasteiger charge is 2.19. The Kier molecular flexibility index (Phi) is 4.16. The van der Waals surface area contributed by atoms with E-state index in [1.165, 1.54) is 0 Å². The van der Waals surface area contributed by atoms with E-state index in [2.05, 4.69) is 4.98 Å². The van der Waals surface area contributed by atoms with Crippen LogP contribution in [0.25, 0.3) is 0 Å². The van der Waals surface area contributed by atoms with Crippen molar-refractivity contribution in [2.75, 3.05) is 0 Å². The molecule has 0 saturated heterocycles. The van der Waals surface area contributed by atoms with Crippen LogP contribution in [0, 0.1) is 22.7 Å². The molecule has 82 valence electrons. The highest BCUT2D eigenvalue weighted by Crippen LogP contribution is 2.26. The molecule has 0 saturated carbocycles. The lowest BCUT2D eigenvalue weighted by molar-refractivity contribution is 0.145. The number of nitrogens with zero attached hydrogens (tertiary/aromatic N) is 3. The molecule has 0 radical (unpaired) electrons. The van der Waals surface area contributed by atoms with Gasteiger partial charge in [0.25, 0.3) is 6.43 Å². The number of halogens is 3. The second-order valence-electron chi connectivity index (χ2n) is 2.90. The number of rotatable bonds is 3. The lowest BCUT2D eigenvalue weighted by Gasteiger charge is -2.09. The Labute approximate surface area is 95.9 Å². The van der Waals surface area contributed by atoms with Crippen molar-refractivity contribution >= 4 is 11.6 Å². The highest BCUT2D eigenvalue weighted by molar-refractivity contribution is 6.17. The maximum absolute atomic E-state index is 12.6. The molecule has 16 heavy (non-hydrogen) atoms. The minimum Gasteiger partial charge on any atom is -0.255 e. The van der Waals surface area contributed by atoms with Gasteiger partial charge in [0.1, 0.15) is 5.69 Å². The van der Waals surface area contributed by atoms with Crippen LogP contribution in [0.15, 0.2) is 6.20 Å². The van der Waals surface area contributed by atoms with Crippen molar-refractivity contribution < 1.29 is 8.78 Å². The van der Waals surface area contributed by atoms with Crippen molar-refractivity contribution in [2.45, 2.75) is 18.7 Å². The summed E-state index contributed by atoms with van der Waals surface area (Å²) in [4.78, 5) is 3.54. The molecule has 1 aromatic heterocycles. The van der Waals surface area contributed by atoms with Gasteiger partial charge in [-0.05, 0) is 0 Å². The zero-order chi connectivity index (χ0) is 12.1. The zero-order valence-electron chi connectivity index (χ0n) is 8.04. The molecule has 1 aromatic rings. The van der Waals surface area contributed by atoms with Gasteiger partial charge in [0.05, 0.1) is 30.0 Å². The quantitative estimate of drug-likeness (QED) is 0.765. The molecular weight excluding hydrogens is 236 g/mol. The van der Waals surface area contributed by atoms with Crippen LogP contribution in [0.5, 0.6) is 0 Å². The van der Waals surface area contributed by atoms with Gasteiger partial charge in [0, 0.05) is 17.3 Å². The Morgan fingerprint density at radius 1 is 1.44 bits per heavy atom. The smallest absolute Gasteiger partial charge is 0.255 e. The first-order valence-electron chi connectivity index (χ1n) is 4.27. The average Bonchev–Trinajstić information content (AvgIpc) is 2.28. The van der Waals surface area contributed by atoms with Crippen molar-refractivity contribution in [3.63, 3.8) is 0 Å². The van der Waals surface area contributed by atoms with Gasteiger partial charge in [-0.25, -0.2) is 8.78 Å². The van der Waals surface area contributed by atoms with E-state index in [0.29, 0.717) is 5.56 Å². The Balaban J connectivity index is 3.42. The minimum absolute atomic E-state index is 0.00640. The Morgan fingerprint density at radius 2 is 2.12 bits per heavy atom. The molecule has 1 heterocycles. The number of nitriles is 2. The summed E-state index contributed by atoms with van der Waals surface area (Å²) in [5, 5.41) is 17.4. The van der Waals surface area contributed by atoms with Crippen LogP contribution in [0.1, 0.15) is 28.8 Å². The number of hydrogen-bond acceptors (Lipinski definition) is 3. The van der Waals surface area contributed by atoms with E-state index in [0.717, 1.165) is 6.20 Å². The van der Waals surface area contributed by atoms with Crippen LogP contribution in [0.4, 0.5) is 8.78 Å². The van der Waals surface area contributed by atoms with Gasteiger partial charge in [-0.15, -0.1) is 11.6 Å². The predicted octanol–water partition coefficient (Wildman–Crippen LogP) is 2.70. The summed E-state index contributed by atoms with van der Waals surface area (Å²) in [7, 11) is 0. The first kappa shape index (κ1) is 12.4. The van der Waals surface area contributed by atoms with E-state index in [1.807, 2.05) is 6.07 Å². The monoisotopic (exact) mass is 241 g/mol. The molecule has 0 spiro atoms. The van der Waals surface area contributed by atoms with Crippen molar-refractivity contribution in [3.05, 3.63) is 28.6 Å². The van der Waals surface area contributed by atoms with E-state index in [4.69, 9.17) is 22.1 Å². The molecule has 0 aliphatic heterocycles. The summed E-state index contributed by atoms with van der Waals surface area (Å²) in [6.45, 7) is 0. The van der Waals surface area contributed by atoms with Crippen molar-refractivity contribution in [2.24, 2.45) is 0 Å². The fourth-order valence-corrected chi connectivity index (χ4v) is 1.56. The van der Waals surface area contributed by atoms with E-state index < -0.39 is 12.1 Å². The molecule has 0 bridgehead atoms. The van der Waals surface area contributed by atoms with Gasteiger partial charge in [0.15, 0.2) is 0 Å². The molecule has 0 fully saturated rings. The molecule has 0 aliphatic carbocycles. The third kappa shape index (κ3) is 2.26. The van der Waals surface area contributed by atoms with Gasteiger partial charge in [0.2, 0.25) is 0 Å². The number of pyridine rings is 1. The molecule has 0 atom stereocenters. The molecule has 0 aliphatic rings. The second kappa shape index (κ2) is 5.39. The van der Waals surface area contributed by atoms with E-state index >= 15 is 0 Å². The predicted molar refractivity (Wildman–Crippen MR) is 52.8 cm³/mol. The Morgan fingerprint density at radius 3 is 2.56 bits per heavy atom. The van der Waals surface area contributed by atoms with Gasteiger partial charge < -0.3 is 0 Å². The Hall–Kier alpha value is -1.72. The lowest BCUT2D eigenvalue weighted by atomic mass is 10.0. The number of alkyl halides is 3. The van der Waals surface area contributed by atoms with Gasteiger partial charge in [-0.1, -0.05) is 0 Å². The molecule has 3 nitrogen and oxygen atoms in total. The van der Waals surface area contributed by atoms with Crippen LogP contribution in [0.3, 0.4) is 0 Å². The standard InChI is InChI=1S/C10H6ClF2N3/c11-3-7-8(4-15)6(1-2-14)5-16-9(7)10(12)13/h5,10H,1,3H2. The third-order valence-corrected chi connectivity index (χ3v) is 2.28. The van der Waals surface area contributed by atoms with Crippen molar-refractivity contribution in [1.29, 1.82) is 10.5 Å². The van der Waals surface area contributed by atoms with Gasteiger partial charge in [-0.3, -0.25) is 4.98 Å². The number of aromatic nitrogens is 1. The summed E-state index contributed by atoms with van der Waals surface area (Å²) in [6.07, 6.45) is -1.71. The minimum atomic E-state index is -2.78. The summed E-state index contributed by atoms with van der Waals surface area (Å²) in [5.41, 5.74) is -0.132. The first-order valence-corrected chi connectivity index (χ1v) is 4.81. The molecule has 0 amide bonds. The molecule has 0 aromatic carbocycles. The lowest BCUT2D eigenvalue weighted by Crippen LogP contribution is -2.04. The zero-order valence-corrected chi connectivity index (χ0v) is 8.80. The van der Waals surface area contributed by atoms with E-state index in [1.54, 1.807) is 6.07 Å². The molecule has 0 N–H and O–H groups in total. The highest BCUT2D eigenvalue weighted by atomic mass is 35.5. The topological polar surface area (TPSA) is 60.5 Å². The summed E-state index contributed by atoms with van der Waals surface area (Å²) < 4.78 is 25.1. The van der Waals surface area contributed by atoms with Crippen LogP contribution in [-0.2, 0) is 12.3 Å². The average molecular weight is 242 g/mol. The van der Waals surface area contributed by atoms with Gasteiger partial charge in [-0.2, -0.15) is 10.5 Å². The number of hydrogen-bond donors (Lipinski definition) is 0. The SMILES string of the molecule is N#CCc1cnc(C(F)F)c(CCl)c1C#N. The second-order valence-corrected chi connectivity index (χ2v) is 3.17. The summed E-state index contributed by atoms with van der Waals surface area (Å²) >= 11 is 5.52. The van der Waals surface area contributed by atoms with Crippen molar-refractivity contribution in [1.82, 2.24) is 4.98 Å². The van der Waals surface area contributed by atoms with E-state index in [9.17, 15) is 8.78 Å². The maximum atomic E-state index is 12.6. The fourth-order valence-electron chi connectivity index (χ4n) is 1.29. The molecule has 6 heteroatoms. The largest absolute Gasteiger partial charge is 0.280 e. The van der Waals surface area contributed by atoms with Crippen LogP contribution in [0.2, 0.25) is 0 Å². The van der Waals surface area contributed by atoms with Crippen molar-refractivity contribution in [3.8, 4) is 12.1 Å². The summed E-state index contributed by atoms with van der Waals surface area (Å²) in [6, 6.07) is 3.62. The van der Waals surface area contributed by atoms with Gasteiger partial charge >= 0.3 is 0 Å². The van der Waals surface area contributed by atoms with Crippen LogP contribution in [-0.4, -0.2) is 4.98 Å².